The summed E-state index contributed by atoms with van der Waals surface area (Å²) < 4.78 is 5.11. The van der Waals surface area contributed by atoms with Crippen molar-refractivity contribution in [2.45, 2.75) is 26.8 Å². The lowest BCUT2D eigenvalue weighted by Gasteiger charge is -2.15. The Kier molecular flexibility index (Phi) is 4.42. The van der Waals surface area contributed by atoms with Gasteiger partial charge in [0.05, 0.1) is 34.8 Å². The molecule has 1 N–H and O–H groups in total. The van der Waals surface area contributed by atoms with Gasteiger partial charge in [0.15, 0.2) is 0 Å². The van der Waals surface area contributed by atoms with E-state index in [1.165, 1.54) is 19.2 Å². The van der Waals surface area contributed by atoms with E-state index >= 15 is 0 Å². The van der Waals surface area contributed by atoms with Crippen molar-refractivity contribution in [1.82, 2.24) is 4.98 Å². The molecule has 1 aromatic carbocycles. The van der Waals surface area contributed by atoms with Crippen LogP contribution in [0, 0.1) is 24.0 Å². The number of thiazole rings is 1. The van der Waals surface area contributed by atoms with Crippen LogP contribution in [0.1, 0.15) is 28.5 Å². The maximum atomic E-state index is 10.9. The van der Waals surface area contributed by atoms with Crippen LogP contribution in [-0.4, -0.2) is 17.0 Å². The molecule has 0 saturated heterocycles. The van der Waals surface area contributed by atoms with Crippen LogP contribution in [-0.2, 0) is 0 Å². The minimum atomic E-state index is -0.430. The highest BCUT2D eigenvalue weighted by atomic mass is 32.1. The number of rotatable bonds is 5. The molecule has 7 heteroatoms. The first-order valence-electron chi connectivity index (χ1n) is 6.44. The Bertz CT molecular complexity index is 669. The van der Waals surface area contributed by atoms with E-state index in [9.17, 15) is 10.1 Å². The summed E-state index contributed by atoms with van der Waals surface area (Å²) in [5.74, 6) is 0.455. The SMILES string of the molecule is COc1cc(NC(C)c2sc(C)nc2C)cc([N+](=O)[O-])c1. The molecule has 0 aliphatic rings. The lowest BCUT2D eigenvalue weighted by Crippen LogP contribution is -2.07. The van der Waals surface area contributed by atoms with E-state index in [0.29, 0.717) is 11.4 Å². The first-order valence-corrected chi connectivity index (χ1v) is 7.26. The summed E-state index contributed by atoms with van der Waals surface area (Å²) in [5.41, 5.74) is 1.63. The van der Waals surface area contributed by atoms with Crippen molar-refractivity contribution in [2.75, 3.05) is 12.4 Å². The number of ether oxygens (including phenoxy) is 1. The number of hydrogen-bond donors (Lipinski definition) is 1. The van der Waals surface area contributed by atoms with Crippen LogP contribution < -0.4 is 10.1 Å². The van der Waals surface area contributed by atoms with Crippen LogP contribution in [0.5, 0.6) is 5.75 Å². The lowest BCUT2D eigenvalue weighted by atomic mass is 10.2. The summed E-state index contributed by atoms with van der Waals surface area (Å²) in [4.78, 5) is 16.0. The number of nitrogens with zero attached hydrogens (tertiary/aromatic N) is 2. The van der Waals surface area contributed by atoms with Crippen LogP contribution >= 0.6 is 11.3 Å². The standard InChI is InChI=1S/C14H17N3O3S/c1-8-14(21-10(3)15-8)9(2)16-11-5-12(17(18)19)7-13(6-11)20-4/h5-7,9,16H,1-4H3. The van der Waals surface area contributed by atoms with Crippen LogP contribution in [0.4, 0.5) is 11.4 Å². The molecule has 1 atom stereocenters. The Labute approximate surface area is 126 Å². The van der Waals surface area contributed by atoms with E-state index in [0.717, 1.165) is 15.6 Å². The molecular formula is C14H17N3O3S. The fourth-order valence-electron chi connectivity index (χ4n) is 2.15. The first kappa shape index (κ1) is 15.2. The van der Waals surface area contributed by atoms with Crippen LogP contribution in [0.25, 0.3) is 0 Å². The van der Waals surface area contributed by atoms with Crippen molar-refractivity contribution in [3.8, 4) is 5.75 Å². The van der Waals surface area contributed by atoms with Crippen LogP contribution in [0.2, 0.25) is 0 Å². The largest absolute Gasteiger partial charge is 0.496 e. The summed E-state index contributed by atoms with van der Waals surface area (Å²) in [6.07, 6.45) is 0. The second kappa shape index (κ2) is 6.09. The molecule has 0 amide bonds. The third-order valence-electron chi connectivity index (χ3n) is 3.05. The zero-order valence-electron chi connectivity index (χ0n) is 12.3. The molecule has 2 rings (SSSR count). The smallest absolute Gasteiger partial charge is 0.275 e. The number of aryl methyl sites for hydroxylation is 2. The Morgan fingerprint density at radius 3 is 2.62 bits per heavy atom. The van der Waals surface area contributed by atoms with E-state index in [2.05, 4.69) is 10.3 Å². The molecule has 112 valence electrons. The molecule has 1 heterocycles. The molecule has 6 nitrogen and oxygen atoms in total. The van der Waals surface area contributed by atoms with Gasteiger partial charge >= 0.3 is 0 Å². The molecule has 1 unspecified atom stereocenters. The maximum Gasteiger partial charge on any atom is 0.275 e. The van der Waals surface area contributed by atoms with Crippen molar-refractivity contribution in [1.29, 1.82) is 0 Å². The van der Waals surface area contributed by atoms with Crippen molar-refractivity contribution in [3.63, 3.8) is 0 Å². The third-order valence-corrected chi connectivity index (χ3v) is 4.31. The second-order valence-corrected chi connectivity index (χ2v) is 5.96. The summed E-state index contributed by atoms with van der Waals surface area (Å²) in [5, 5.41) is 15.2. The van der Waals surface area contributed by atoms with E-state index in [-0.39, 0.29) is 11.7 Å². The molecule has 0 aliphatic carbocycles. The van der Waals surface area contributed by atoms with Gasteiger partial charge in [-0.3, -0.25) is 10.1 Å². The molecular weight excluding hydrogens is 290 g/mol. The Morgan fingerprint density at radius 1 is 1.38 bits per heavy atom. The van der Waals surface area contributed by atoms with Crippen molar-refractivity contribution >= 4 is 22.7 Å². The van der Waals surface area contributed by atoms with Gasteiger partial charge in [0.2, 0.25) is 0 Å². The number of hydrogen-bond acceptors (Lipinski definition) is 6. The highest BCUT2D eigenvalue weighted by Crippen LogP contribution is 2.31. The topological polar surface area (TPSA) is 77.3 Å². The van der Waals surface area contributed by atoms with Crippen molar-refractivity contribution < 1.29 is 9.66 Å². The molecule has 1 aromatic heterocycles. The average Bonchev–Trinajstić information content (AvgIpc) is 2.77. The van der Waals surface area contributed by atoms with Gasteiger partial charge in [-0.15, -0.1) is 11.3 Å². The predicted molar refractivity (Wildman–Crippen MR) is 83.3 cm³/mol. The Morgan fingerprint density at radius 2 is 2.10 bits per heavy atom. The molecule has 0 fully saturated rings. The normalized spacial score (nSPS) is 12.0. The molecule has 21 heavy (non-hydrogen) atoms. The molecule has 2 aromatic rings. The first-order chi connectivity index (χ1) is 9.90. The van der Waals surface area contributed by atoms with E-state index in [1.807, 2.05) is 20.8 Å². The average molecular weight is 307 g/mol. The maximum absolute atomic E-state index is 10.9. The van der Waals surface area contributed by atoms with Gasteiger partial charge in [0, 0.05) is 22.7 Å². The monoisotopic (exact) mass is 307 g/mol. The zero-order valence-corrected chi connectivity index (χ0v) is 13.2. The number of nitro benzene ring substituents is 1. The highest BCUT2D eigenvalue weighted by Gasteiger charge is 2.15. The Hall–Kier alpha value is -2.15. The van der Waals surface area contributed by atoms with Gasteiger partial charge in [0.1, 0.15) is 5.75 Å². The number of benzene rings is 1. The van der Waals surface area contributed by atoms with Crippen LogP contribution in [0.3, 0.4) is 0 Å². The molecule has 0 saturated carbocycles. The van der Waals surface area contributed by atoms with Crippen molar-refractivity contribution in [3.05, 3.63) is 43.9 Å². The summed E-state index contributed by atoms with van der Waals surface area (Å²) in [7, 11) is 1.49. The van der Waals surface area contributed by atoms with E-state index in [1.54, 1.807) is 17.4 Å². The quantitative estimate of drug-likeness (QED) is 0.670. The number of methoxy groups -OCH3 is 1. The molecule has 0 radical (unpaired) electrons. The molecule has 0 aliphatic heterocycles. The second-order valence-electron chi connectivity index (χ2n) is 4.73. The van der Waals surface area contributed by atoms with Crippen LogP contribution in [0.15, 0.2) is 18.2 Å². The van der Waals surface area contributed by atoms with E-state index in [4.69, 9.17) is 4.74 Å². The number of non-ortho nitro benzene ring substituents is 1. The van der Waals surface area contributed by atoms with Crippen molar-refractivity contribution in [2.24, 2.45) is 0 Å². The number of aromatic nitrogens is 1. The fraction of sp³-hybridized carbons (Fsp3) is 0.357. The van der Waals surface area contributed by atoms with Gasteiger partial charge in [-0.05, 0) is 20.8 Å². The summed E-state index contributed by atoms with van der Waals surface area (Å²) >= 11 is 1.62. The predicted octanol–water partition coefficient (Wildman–Crippen LogP) is 3.85. The number of nitrogens with one attached hydrogen (secondary N) is 1. The fourth-order valence-corrected chi connectivity index (χ4v) is 3.08. The van der Waals surface area contributed by atoms with Gasteiger partial charge < -0.3 is 10.1 Å². The minimum Gasteiger partial charge on any atom is -0.496 e. The van der Waals surface area contributed by atoms with Gasteiger partial charge in [-0.25, -0.2) is 4.98 Å². The van der Waals surface area contributed by atoms with Gasteiger partial charge in [-0.1, -0.05) is 0 Å². The minimum absolute atomic E-state index is 0.00116. The molecule has 0 bridgehead atoms. The molecule has 0 spiro atoms. The van der Waals surface area contributed by atoms with E-state index < -0.39 is 4.92 Å². The third kappa shape index (κ3) is 3.49. The summed E-state index contributed by atoms with van der Waals surface area (Å²) in [6, 6.07) is 4.66. The zero-order chi connectivity index (χ0) is 15.6. The summed E-state index contributed by atoms with van der Waals surface area (Å²) in [6.45, 7) is 5.93. The number of anilines is 1. The lowest BCUT2D eigenvalue weighted by molar-refractivity contribution is -0.384. The Balaban J connectivity index is 2.28. The number of nitro groups is 1. The van der Waals surface area contributed by atoms with Gasteiger partial charge in [0.25, 0.3) is 5.69 Å². The highest BCUT2D eigenvalue weighted by molar-refractivity contribution is 7.11. The van der Waals surface area contributed by atoms with Gasteiger partial charge in [-0.2, -0.15) is 0 Å².